The van der Waals surface area contributed by atoms with Crippen molar-refractivity contribution >= 4 is 11.6 Å². The van der Waals surface area contributed by atoms with Crippen molar-refractivity contribution in [3.05, 3.63) is 18.2 Å². The molecule has 1 aromatic rings. The summed E-state index contributed by atoms with van der Waals surface area (Å²) in [5.74, 6) is 1.90. The van der Waals surface area contributed by atoms with Gasteiger partial charge in [0.15, 0.2) is 0 Å². The van der Waals surface area contributed by atoms with Crippen LogP contribution in [0.25, 0.3) is 0 Å². The summed E-state index contributed by atoms with van der Waals surface area (Å²) >= 11 is 0. The molecule has 0 bridgehead atoms. The topological polar surface area (TPSA) is 40.2 Å². The van der Waals surface area contributed by atoms with Gasteiger partial charge in [0.05, 0.1) is 0 Å². The van der Waals surface area contributed by atoms with Crippen molar-refractivity contribution < 1.29 is 0 Å². The van der Waals surface area contributed by atoms with E-state index in [9.17, 15) is 0 Å². The van der Waals surface area contributed by atoms with Crippen LogP contribution in [0.5, 0.6) is 0 Å². The number of hydrogen-bond donors (Lipinski definition) is 2. The molecule has 106 valence electrons. The molecule has 0 amide bonds. The summed E-state index contributed by atoms with van der Waals surface area (Å²) in [6.07, 6.45) is 4.08. The highest BCUT2D eigenvalue weighted by Gasteiger charge is 2.16. The van der Waals surface area contributed by atoms with Gasteiger partial charge in [-0.1, -0.05) is 12.5 Å². The number of nitrogens with zero attached hydrogens (tertiary/aromatic N) is 2. The lowest BCUT2D eigenvalue weighted by Gasteiger charge is -2.32. The van der Waals surface area contributed by atoms with Gasteiger partial charge in [0.1, 0.15) is 11.6 Å². The minimum absolute atomic E-state index is 0.574. The van der Waals surface area contributed by atoms with Crippen molar-refractivity contribution in [3.63, 3.8) is 0 Å². The molecule has 19 heavy (non-hydrogen) atoms. The Morgan fingerprint density at radius 3 is 2.53 bits per heavy atom. The molecule has 4 heteroatoms. The second kappa shape index (κ2) is 7.34. The summed E-state index contributed by atoms with van der Waals surface area (Å²) in [6, 6.07) is 6.65. The van der Waals surface area contributed by atoms with Crippen molar-refractivity contribution in [2.24, 2.45) is 0 Å². The summed E-state index contributed by atoms with van der Waals surface area (Å²) in [5, 5.41) is 6.69. The lowest BCUT2D eigenvalue weighted by molar-refractivity contribution is 0.180. The number of pyridine rings is 1. The molecule has 1 aliphatic heterocycles. The zero-order chi connectivity index (χ0) is 13.5. The SMILES string of the molecule is CCNc1cccc(NCC(C)N2CCCCC2)n1. The first-order chi connectivity index (χ1) is 9.29. The molecular formula is C15H26N4. The van der Waals surface area contributed by atoms with Gasteiger partial charge in [0, 0.05) is 19.1 Å². The van der Waals surface area contributed by atoms with Gasteiger partial charge < -0.3 is 10.6 Å². The van der Waals surface area contributed by atoms with E-state index >= 15 is 0 Å². The fraction of sp³-hybridized carbons (Fsp3) is 0.667. The van der Waals surface area contributed by atoms with E-state index in [2.05, 4.69) is 34.4 Å². The fourth-order valence-electron chi connectivity index (χ4n) is 2.55. The van der Waals surface area contributed by atoms with Crippen LogP contribution in [0.4, 0.5) is 11.6 Å². The summed E-state index contributed by atoms with van der Waals surface area (Å²) < 4.78 is 0. The number of aromatic nitrogens is 1. The van der Waals surface area contributed by atoms with Crippen LogP contribution in [0.2, 0.25) is 0 Å². The van der Waals surface area contributed by atoms with Crippen molar-refractivity contribution in [1.82, 2.24) is 9.88 Å². The highest BCUT2D eigenvalue weighted by atomic mass is 15.2. The minimum Gasteiger partial charge on any atom is -0.370 e. The molecule has 1 unspecified atom stereocenters. The first-order valence-corrected chi connectivity index (χ1v) is 7.48. The van der Waals surface area contributed by atoms with Crippen LogP contribution in [0, 0.1) is 0 Å². The maximum Gasteiger partial charge on any atom is 0.128 e. The van der Waals surface area contributed by atoms with E-state index in [4.69, 9.17) is 0 Å². The third-order valence-electron chi connectivity index (χ3n) is 3.70. The van der Waals surface area contributed by atoms with Gasteiger partial charge in [-0.25, -0.2) is 4.98 Å². The van der Waals surface area contributed by atoms with Gasteiger partial charge in [-0.3, -0.25) is 4.90 Å². The minimum atomic E-state index is 0.574. The molecule has 2 N–H and O–H groups in total. The first kappa shape index (κ1) is 14.1. The number of nitrogens with one attached hydrogen (secondary N) is 2. The molecule has 1 saturated heterocycles. The van der Waals surface area contributed by atoms with E-state index < -0.39 is 0 Å². The van der Waals surface area contributed by atoms with Crippen LogP contribution in [0.3, 0.4) is 0 Å². The van der Waals surface area contributed by atoms with Crippen LogP contribution >= 0.6 is 0 Å². The summed E-state index contributed by atoms with van der Waals surface area (Å²) in [6.45, 7) is 8.73. The van der Waals surface area contributed by atoms with E-state index in [0.717, 1.165) is 24.7 Å². The quantitative estimate of drug-likeness (QED) is 0.827. The molecule has 2 heterocycles. The van der Waals surface area contributed by atoms with E-state index in [1.165, 1.54) is 32.4 Å². The number of hydrogen-bond acceptors (Lipinski definition) is 4. The first-order valence-electron chi connectivity index (χ1n) is 7.48. The zero-order valence-electron chi connectivity index (χ0n) is 12.2. The molecule has 0 radical (unpaired) electrons. The predicted octanol–water partition coefficient (Wildman–Crippen LogP) is 2.80. The van der Waals surface area contributed by atoms with Crippen LogP contribution in [-0.2, 0) is 0 Å². The second-order valence-electron chi connectivity index (χ2n) is 5.26. The van der Waals surface area contributed by atoms with Gasteiger partial charge >= 0.3 is 0 Å². The van der Waals surface area contributed by atoms with Crippen LogP contribution < -0.4 is 10.6 Å². The molecule has 0 saturated carbocycles. The van der Waals surface area contributed by atoms with Crippen molar-refractivity contribution in [2.75, 3.05) is 36.8 Å². The number of rotatable bonds is 6. The average molecular weight is 262 g/mol. The van der Waals surface area contributed by atoms with E-state index in [-0.39, 0.29) is 0 Å². The Balaban J connectivity index is 1.82. The van der Waals surface area contributed by atoms with Crippen LogP contribution in [-0.4, -0.2) is 42.1 Å². The molecule has 0 spiro atoms. The smallest absolute Gasteiger partial charge is 0.128 e. The third kappa shape index (κ3) is 4.39. The Bertz CT molecular complexity index is 374. The lowest BCUT2D eigenvalue weighted by atomic mass is 10.1. The van der Waals surface area contributed by atoms with E-state index in [1.807, 2.05) is 18.2 Å². The molecule has 4 nitrogen and oxygen atoms in total. The molecule has 1 fully saturated rings. The van der Waals surface area contributed by atoms with Crippen LogP contribution in [0.15, 0.2) is 18.2 Å². The Labute approximate surface area is 116 Å². The van der Waals surface area contributed by atoms with Gasteiger partial charge in [0.2, 0.25) is 0 Å². The summed E-state index contributed by atoms with van der Waals surface area (Å²) in [5.41, 5.74) is 0. The Hall–Kier alpha value is -1.29. The standard InChI is InChI=1S/C15H26N4/c1-3-16-14-8-7-9-15(18-14)17-12-13(2)19-10-5-4-6-11-19/h7-9,13H,3-6,10-12H2,1-2H3,(H2,16,17,18). The number of anilines is 2. The van der Waals surface area contributed by atoms with E-state index in [0.29, 0.717) is 6.04 Å². The maximum absolute atomic E-state index is 4.54. The summed E-state index contributed by atoms with van der Waals surface area (Å²) in [7, 11) is 0. The average Bonchev–Trinajstić information content (AvgIpc) is 2.46. The molecule has 1 aliphatic rings. The normalized spacial score (nSPS) is 18.0. The largest absolute Gasteiger partial charge is 0.370 e. The molecular weight excluding hydrogens is 236 g/mol. The van der Waals surface area contributed by atoms with Crippen molar-refractivity contribution in [3.8, 4) is 0 Å². The van der Waals surface area contributed by atoms with Crippen molar-refractivity contribution in [2.45, 2.75) is 39.2 Å². The third-order valence-corrected chi connectivity index (χ3v) is 3.70. The predicted molar refractivity (Wildman–Crippen MR) is 81.8 cm³/mol. The Morgan fingerprint density at radius 2 is 1.84 bits per heavy atom. The fourth-order valence-corrected chi connectivity index (χ4v) is 2.55. The highest BCUT2D eigenvalue weighted by Crippen LogP contribution is 2.13. The molecule has 2 rings (SSSR count). The van der Waals surface area contributed by atoms with Gasteiger partial charge in [-0.2, -0.15) is 0 Å². The lowest BCUT2D eigenvalue weighted by Crippen LogP contribution is -2.41. The van der Waals surface area contributed by atoms with Crippen LogP contribution in [0.1, 0.15) is 33.1 Å². The Morgan fingerprint density at radius 1 is 1.16 bits per heavy atom. The second-order valence-corrected chi connectivity index (χ2v) is 5.26. The number of piperidine rings is 1. The molecule has 0 aliphatic carbocycles. The highest BCUT2D eigenvalue weighted by molar-refractivity contribution is 5.45. The van der Waals surface area contributed by atoms with Gasteiger partial charge in [0.25, 0.3) is 0 Å². The zero-order valence-corrected chi connectivity index (χ0v) is 12.2. The number of likely N-dealkylation sites (tertiary alicyclic amines) is 1. The monoisotopic (exact) mass is 262 g/mol. The van der Waals surface area contributed by atoms with Crippen molar-refractivity contribution in [1.29, 1.82) is 0 Å². The molecule has 1 atom stereocenters. The summed E-state index contributed by atoms with van der Waals surface area (Å²) in [4.78, 5) is 7.11. The van der Waals surface area contributed by atoms with Gasteiger partial charge in [-0.15, -0.1) is 0 Å². The Kier molecular flexibility index (Phi) is 5.45. The molecule has 0 aromatic carbocycles. The van der Waals surface area contributed by atoms with Gasteiger partial charge in [-0.05, 0) is 51.9 Å². The van der Waals surface area contributed by atoms with E-state index in [1.54, 1.807) is 0 Å². The maximum atomic E-state index is 4.54. The molecule has 1 aromatic heterocycles.